The molecular weight excluding hydrogens is 506 g/mol. The lowest BCUT2D eigenvalue weighted by molar-refractivity contribution is -0.123. The Kier molecular flexibility index (Phi) is 8.91. The van der Waals surface area contributed by atoms with Crippen molar-refractivity contribution in [2.75, 3.05) is 10.6 Å². The molecule has 4 aromatic rings. The second-order valence-corrected chi connectivity index (χ2v) is 9.35. The van der Waals surface area contributed by atoms with E-state index in [0.717, 1.165) is 38.5 Å². The Morgan fingerprint density at radius 2 is 1.72 bits per heavy atom. The van der Waals surface area contributed by atoms with E-state index in [1.807, 2.05) is 91.5 Å². The van der Waals surface area contributed by atoms with Crippen molar-refractivity contribution in [2.24, 2.45) is 7.05 Å². The summed E-state index contributed by atoms with van der Waals surface area (Å²) in [6, 6.07) is 14.8. The van der Waals surface area contributed by atoms with Gasteiger partial charge in [0.25, 0.3) is 0 Å². The fraction of sp³-hybridized carbons (Fsp3) is 0.0968. The fourth-order valence-corrected chi connectivity index (χ4v) is 4.16. The zero-order valence-corrected chi connectivity index (χ0v) is 22.7. The second-order valence-electron chi connectivity index (χ2n) is 8.90. The molecule has 0 atom stereocenters. The highest BCUT2D eigenvalue weighted by Crippen LogP contribution is 2.23. The van der Waals surface area contributed by atoms with Crippen LogP contribution in [0.3, 0.4) is 0 Å². The van der Waals surface area contributed by atoms with Gasteiger partial charge in [0.05, 0.1) is 17.7 Å². The number of nitrogens with zero attached hydrogens (tertiary/aromatic N) is 3. The van der Waals surface area contributed by atoms with Crippen LogP contribution in [0.1, 0.15) is 40.1 Å². The van der Waals surface area contributed by atoms with E-state index in [9.17, 15) is 9.59 Å². The zero-order chi connectivity index (χ0) is 27.8. The van der Waals surface area contributed by atoms with Gasteiger partial charge in [0.1, 0.15) is 6.42 Å². The number of amides is 2. The van der Waals surface area contributed by atoms with Crippen LogP contribution in [-0.4, -0.2) is 26.3 Å². The molecule has 0 fully saturated rings. The molecule has 0 aliphatic heterocycles. The van der Waals surface area contributed by atoms with E-state index in [1.54, 1.807) is 24.7 Å². The molecule has 0 saturated carbocycles. The summed E-state index contributed by atoms with van der Waals surface area (Å²) in [7, 11) is 1.92. The van der Waals surface area contributed by atoms with Gasteiger partial charge in [0, 0.05) is 35.7 Å². The standard InChI is InChI=1S/C31H29N5O2S/c1-4-22-7-5-6-8-27(22)35-30(38)18-29(37)34-25-12-11-23(21(2)17-25)9-10-24-15-16-32-28(31(24)39)14-13-26-19-36(3)20-33-26/h4-17,19-20,39H,1,18H2,2-3H3,(H,34,37)(H,35,38)/b10-9-,14-13+. The third-order valence-corrected chi connectivity index (χ3v) is 6.38. The lowest BCUT2D eigenvalue weighted by Crippen LogP contribution is -2.21. The van der Waals surface area contributed by atoms with Crippen LogP contribution < -0.4 is 10.6 Å². The van der Waals surface area contributed by atoms with Crippen molar-refractivity contribution in [3.05, 3.63) is 107 Å². The van der Waals surface area contributed by atoms with Crippen molar-refractivity contribution in [1.29, 1.82) is 0 Å². The van der Waals surface area contributed by atoms with Gasteiger partial charge in [0.2, 0.25) is 11.8 Å². The molecule has 0 unspecified atom stereocenters. The molecular formula is C31H29N5O2S. The zero-order valence-electron chi connectivity index (χ0n) is 21.8. The van der Waals surface area contributed by atoms with E-state index >= 15 is 0 Å². The predicted octanol–water partition coefficient (Wildman–Crippen LogP) is 6.36. The van der Waals surface area contributed by atoms with Crippen LogP contribution in [0.25, 0.3) is 30.4 Å². The molecule has 196 valence electrons. The summed E-state index contributed by atoms with van der Waals surface area (Å²) < 4.78 is 1.88. The first-order chi connectivity index (χ1) is 18.8. The van der Waals surface area contributed by atoms with E-state index in [1.165, 1.54) is 0 Å². The topological polar surface area (TPSA) is 88.9 Å². The Balaban J connectivity index is 1.38. The summed E-state index contributed by atoms with van der Waals surface area (Å²) in [4.78, 5) is 34.3. The lowest BCUT2D eigenvalue weighted by Gasteiger charge is -2.10. The van der Waals surface area contributed by atoms with E-state index in [2.05, 4.69) is 39.8 Å². The number of carbonyl (C=O) groups excluding carboxylic acids is 2. The minimum absolute atomic E-state index is 0.296. The molecule has 8 heteroatoms. The van der Waals surface area contributed by atoms with E-state index < -0.39 is 11.8 Å². The summed E-state index contributed by atoms with van der Waals surface area (Å²) in [6.45, 7) is 5.70. The van der Waals surface area contributed by atoms with E-state index in [-0.39, 0.29) is 6.42 Å². The largest absolute Gasteiger partial charge is 0.340 e. The van der Waals surface area contributed by atoms with Crippen molar-refractivity contribution in [3.8, 4) is 0 Å². The SMILES string of the molecule is C=Cc1ccccc1NC(=O)CC(=O)Nc1ccc(/C=C\c2ccnc(/C=C/c3cn(C)cn3)c2S)c(C)c1. The maximum atomic E-state index is 12.5. The molecule has 2 heterocycles. The van der Waals surface area contributed by atoms with Gasteiger partial charge in [0.15, 0.2) is 0 Å². The number of imidazole rings is 1. The molecule has 2 N–H and O–H groups in total. The maximum Gasteiger partial charge on any atom is 0.233 e. The number of carbonyl (C=O) groups is 2. The van der Waals surface area contributed by atoms with Crippen LogP contribution >= 0.6 is 12.6 Å². The van der Waals surface area contributed by atoms with Crippen molar-refractivity contribution in [3.63, 3.8) is 0 Å². The number of hydrogen-bond donors (Lipinski definition) is 3. The lowest BCUT2D eigenvalue weighted by atomic mass is 10.1. The van der Waals surface area contributed by atoms with Gasteiger partial charge in [-0.1, -0.05) is 49.1 Å². The molecule has 0 aliphatic carbocycles. The van der Waals surface area contributed by atoms with Crippen LogP contribution in [-0.2, 0) is 16.6 Å². The number of para-hydroxylation sites is 1. The minimum Gasteiger partial charge on any atom is -0.340 e. The minimum atomic E-state index is -0.396. The third-order valence-electron chi connectivity index (χ3n) is 5.89. The van der Waals surface area contributed by atoms with E-state index in [0.29, 0.717) is 11.4 Å². The molecule has 39 heavy (non-hydrogen) atoms. The average molecular weight is 536 g/mol. The fourth-order valence-electron chi connectivity index (χ4n) is 3.88. The Morgan fingerprint density at radius 1 is 0.949 bits per heavy atom. The van der Waals surface area contributed by atoms with Crippen molar-refractivity contribution in [2.45, 2.75) is 18.2 Å². The Labute approximate surface area is 233 Å². The third kappa shape index (κ3) is 7.43. The van der Waals surface area contributed by atoms with Gasteiger partial charge in [-0.05, 0) is 65.6 Å². The molecule has 2 aromatic heterocycles. The molecule has 2 amide bonds. The predicted molar refractivity (Wildman–Crippen MR) is 162 cm³/mol. The average Bonchev–Trinajstić information content (AvgIpc) is 3.33. The molecule has 2 aromatic carbocycles. The van der Waals surface area contributed by atoms with Gasteiger partial charge in [-0.15, -0.1) is 12.6 Å². The quantitative estimate of drug-likeness (QED) is 0.172. The second kappa shape index (κ2) is 12.7. The van der Waals surface area contributed by atoms with Gasteiger partial charge in [-0.25, -0.2) is 4.98 Å². The van der Waals surface area contributed by atoms with Crippen LogP contribution in [0, 0.1) is 6.92 Å². The first kappa shape index (κ1) is 27.3. The van der Waals surface area contributed by atoms with Crippen LogP contribution in [0.5, 0.6) is 0 Å². The van der Waals surface area contributed by atoms with Crippen molar-refractivity contribution in [1.82, 2.24) is 14.5 Å². The summed E-state index contributed by atoms with van der Waals surface area (Å²) in [5.74, 6) is -0.790. The van der Waals surface area contributed by atoms with E-state index in [4.69, 9.17) is 0 Å². The number of aryl methyl sites for hydroxylation is 2. The van der Waals surface area contributed by atoms with Gasteiger partial charge < -0.3 is 15.2 Å². The van der Waals surface area contributed by atoms with Crippen molar-refractivity contribution >= 4 is 66.2 Å². The number of aromatic nitrogens is 3. The molecule has 0 spiro atoms. The van der Waals surface area contributed by atoms with Gasteiger partial charge in [-0.3, -0.25) is 14.6 Å². The highest BCUT2D eigenvalue weighted by molar-refractivity contribution is 7.80. The summed E-state index contributed by atoms with van der Waals surface area (Å²) >= 11 is 4.68. The summed E-state index contributed by atoms with van der Waals surface area (Å²) in [5.41, 5.74) is 6.50. The Bertz CT molecular complexity index is 1590. The molecule has 4 rings (SSSR count). The molecule has 7 nitrogen and oxygen atoms in total. The smallest absolute Gasteiger partial charge is 0.233 e. The number of rotatable bonds is 9. The Hall–Kier alpha value is -4.69. The van der Waals surface area contributed by atoms with Crippen LogP contribution in [0.2, 0.25) is 0 Å². The van der Waals surface area contributed by atoms with Gasteiger partial charge in [-0.2, -0.15) is 0 Å². The first-order valence-electron chi connectivity index (χ1n) is 12.3. The highest BCUT2D eigenvalue weighted by Gasteiger charge is 2.12. The molecule has 0 bridgehead atoms. The monoisotopic (exact) mass is 535 g/mol. The normalized spacial score (nSPS) is 11.2. The summed E-state index contributed by atoms with van der Waals surface area (Å²) in [5, 5.41) is 5.55. The number of benzene rings is 2. The van der Waals surface area contributed by atoms with Crippen molar-refractivity contribution < 1.29 is 9.59 Å². The number of nitrogens with one attached hydrogen (secondary N) is 2. The Morgan fingerprint density at radius 3 is 2.46 bits per heavy atom. The number of pyridine rings is 1. The van der Waals surface area contributed by atoms with Gasteiger partial charge >= 0.3 is 0 Å². The maximum absolute atomic E-state index is 12.5. The number of thiol groups is 1. The highest BCUT2D eigenvalue weighted by atomic mass is 32.1. The number of anilines is 2. The summed E-state index contributed by atoms with van der Waals surface area (Å²) in [6.07, 6.45) is 14.5. The molecule has 0 aliphatic rings. The van der Waals surface area contributed by atoms with Crippen LogP contribution in [0.4, 0.5) is 11.4 Å². The first-order valence-corrected chi connectivity index (χ1v) is 12.7. The van der Waals surface area contributed by atoms with Crippen LogP contribution in [0.15, 0.2) is 78.7 Å². The molecule has 0 radical (unpaired) electrons. The molecule has 0 saturated heterocycles. The number of hydrogen-bond acceptors (Lipinski definition) is 5.